The van der Waals surface area contributed by atoms with Crippen molar-refractivity contribution in [3.8, 4) is 5.75 Å². The number of halogens is 1. The van der Waals surface area contributed by atoms with Crippen LogP contribution in [0, 0.1) is 5.82 Å². The number of amides is 1. The van der Waals surface area contributed by atoms with E-state index in [2.05, 4.69) is 10.3 Å². The third kappa shape index (κ3) is 3.23. The number of rotatable bonds is 5. The summed E-state index contributed by atoms with van der Waals surface area (Å²) in [6.45, 7) is 2.51. The van der Waals surface area contributed by atoms with E-state index in [1.165, 1.54) is 12.3 Å². The summed E-state index contributed by atoms with van der Waals surface area (Å²) in [6, 6.07) is 8.42. The maximum Gasteiger partial charge on any atom is 0.244 e. The molecule has 126 valence electrons. The smallest absolute Gasteiger partial charge is 0.244 e. The summed E-state index contributed by atoms with van der Waals surface area (Å²) in [5.74, 6) is 0.291. The van der Waals surface area contributed by atoms with Gasteiger partial charge in [-0.05, 0) is 37.1 Å². The van der Waals surface area contributed by atoms with Crippen LogP contribution >= 0.6 is 0 Å². The SMILES string of the molecule is COc1ccccc1N1CC[C@@H](N[C@@H](C)c2cncc(F)c2)C1=O. The Kier molecular flexibility index (Phi) is 4.76. The highest BCUT2D eigenvalue weighted by Crippen LogP contribution is 2.31. The summed E-state index contributed by atoms with van der Waals surface area (Å²) >= 11 is 0. The first-order valence-corrected chi connectivity index (χ1v) is 7.91. The second-order valence-corrected chi connectivity index (χ2v) is 5.83. The summed E-state index contributed by atoms with van der Waals surface area (Å²) in [5, 5.41) is 3.27. The van der Waals surface area contributed by atoms with Crippen LogP contribution in [-0.2, 0) is 4.79 Å². The van der Waals surface area contributed by atoms with E-state index < -0.39 is 0 Å². The number of nitrogens with one attached hydrogen (secondary N) is 1. The molecule has 2 heterocycles. The second-order valence-electron chi connectivity index (χ2n) is 5.83. The Bertz CT molecular complexity index is 738. The molecule has 3 rings (SSSR count). The van der Waals surface area contributed by atoms with E-state index in [0.29, 0.717) is 18.7 Å². The van der Waals surface area contributed by atoms with Crippen molar-refractivity contribution in [2.75, 3.05) is 18.6 Å². The van der Waals surface area contributed by atoms with Crippen molar-refractivity contribution in [3.05, 3.63) is 54.1 Å². The molecule has 6 heteroatoms. The third-order valence-corrected chi connectivity index (χ3v) is 4.26. The molecule has 1 aromatic carbocycles. The predicted molar refractivity (Wildman–Crippen MR) is 89.5 cm³/mol. The molecule has 5 nitrogen and oxygen atoms in total. The monoisotopic (exact) mass is 329 g/mol. The Morgan fingerprint density at radius 3 is 2.92 bits per heavy atom. The lowest BCUT2D eigenvalue weighted by atomic mass is 10.1. The lowest BCUT2D eigenvalue weighted by Gasteiger charge is -2.21. The van der Waals surface area contributed by atoms with Crippen molar-refractivity contribution in [3.63, 3.8) is 0 Å². The number of nitrogens with zero attached hydrogens (tertiary/aromatic N) is 2. The molecule has 0 saturated carbocycles. The topological polar surface area (TPSA) is 54.5 Å². The van der Waals surface area contributed by atoms with Gasteiger partial charge in [0.05, 0.1) is 25.0 Å². The average molecular weight is 329 g/mol. The summed E-state index contributed by atoms with van der Waals surface area (Å²) in [4.78, 5) is 18.3. The van der Waals surface area contributed by atoms with Crippen LogP contribution in [0.4, 0.5) is 10.1 Å². The van der Waals surface area contributed by atoms with Crippen LogP contribution in [0.5, 0.6) is 5.75 Å². The Morgan fingerprint density at radius 1 is 1.38 bits per heavy atom. The van der Waals surface area contributed by atoms with Crippen LogP contribution < -0.4 is 15.0 Å². The van der Waals surface area contributed by atoms with Gasteiger partial charge in [0.1, 0.15) is 11.6 Å². The minimum absolute atomic E-state index is 0.00397. The minimum atomic E-state index is -0.380. The van der Waals surface area contributed by atoms with Gasteiger partial charge in [-0.1, -0.05) is 12.1 Å². The first kappa shape index (κ1) is 16.4. The molecule has 2 atom stereocenters. The van der Waals surface area contributed by atoms with Crippen LogP contribution in [0.1, 0.15) is 24.9 Å². The fourth-order valence-electron chi connectivity index (χ4n) is 2.99. The average Bonchev–Trinajstić information content (AvgIpc) is 2.95. The highest BCUT2D eigenvalue weighted by atomic mass is 19.1. The maximum absolute atomic E-state index is 13.3. The number of pyridine rings is 1. The zero-order valence-electron chi connectivity index (χ0n) is 13.7. The van der Waals surface area contributed by atoms with Gasteiger partial charge in [-0.25, -0.2) is 4.39 Å². The van der Waals surface area contributed by atoms with Crippen molar-refractivity contribution in [2.45, 2.75) is 25.4 Å². The fraction of sp³-hybridized carbons (Fsp3) is 0.333. The molecule has 1 saturated heterocycles. The molecule has 0 spiro atoms. The second kappa shape index (κ2) is 6.97. The van der Waals surface area contributed by atoms with Crippen LogP contribution in [0.15, 0.2) is 42.7 Å². The molecule has 1 aliphatic rings. The first-order valence-electron chi connectivity index (χ1n) is 7.91. The van der Waals surface area contributed by atoms with Gasteiger partial charge in [0.25, 0.3) is 0 Å². The van der Waals surface area contributed by atoms with Crippen LogP contribution in [-0.4, -0.2) is 30.6 Å². The molecule has 1 aliphatic heterocycles. The van der Waals surface area contributed by atoms with Crippen molar-refractivity contribution >= 4 is 11.6 Å². The van der Waals surface area contributed by atoms with Crippen LogP contribution in [0.2, 0.25) is 0 Å². The van der Waals surface area contributed by atoms with Crippen LogP contribution in [0.25, 0.3) is 0 Å². The van der Waals surface area contributed by atoms with Gasteiger partial charge in [-0.3, -0.25) is 15.1 Å². The highest BCUT2D eigenvalue weighted by molar-refractivity contribution is 6.00. The third-order valence-electron chi connectivity index (χ3n) is 4.26. The molecule has 0 unspecified atom stereocenters. The van der Waals surface area contributed by atoms with E-state index in [0.717, 1.165) is 11.3 Å². The molecule has 1 amide bonds. The zero-order valence-corrected chi connectivity index (χ0v) is 13.7. The number of hydrogen-bond donors (Lipinski definition) is 1. The van der Waals surface area contributed by atoms with Crippen molar-refractivity contribution in [1.29, 1.82) is 0 Å². The number of para-hydroxylation sites is 2. The zero-order chi connectivity index (χ0) is 17.1. The number of aromatic nitrogens is 1. The minimum Gasteiger partial charge on any atom is -0.495 e. The Labute approximate surface area is 140 Å². The van der Waals surface area contributed by atoms with Crippen molar-refractivity contribution in [1.82, 2.24) is 10.3 Å². The van der Waals surface area contributed by atoms with E-state index in [1.54, 1.807) is 18.2 Å². The molecule has 1 N–H and O–H groups in total. The molecule has 0 aliphatic carbocycles. The molecule has 1 fully saturated rings. The van der Waals surface area contributed by atoms with E-state index in [-0.39, 0.29) is 23.8 Å². The van der Waals surface area contributed by atoms with Gasteiger partial charge in [0.15, 0.2) is 0 Å². The van der Waals surface area contributed by atoms with E-state index in [9.17, 15) is 9.18 Å². The lowest BCUT2D eigenvalue weighted by Crippen LogP contribution is -2.39. The number of ether oxygens (including phenoxy) is 1. The lowest BCUT2D eigenvalue weighted by molar-refractivity contribution is -0.119. The first-order chi connectivity index (χ1) is 11.6. The number of carbonyl (C=O) groups excluding carboxylic acids is 1. The molecule has 24 heavy (non-hydrogen) atoms. The predicted octanol–water partition coefficient (Wildman–Crippen LogP) is 2.69. The number of anilines is 1. The van der Waals surface area contributed by atoms with Gasteiger partial charge < -0.3 is 9.64 Å². The van der Waals surface area contributed by atoms with Gasteiger partial charge in [-0.2, -0.15) is 0 Å². The van der Waals surface area contributed by atoms with Crippen molar-refractivity contribution in [2.24, 2.45) is 0 Å². The highest BCUT2D eigenvalue weighted by Gasteiger charge is 2.34. The number of hydrogen-bond acceptors (Lipinski definition) is 4. The fourth-order valence-corrected chi connectivity index (χ4v) is 2.99. The van der Waals surface area contributed by atoms with E-state index in [1.807, 2.05) is 31.2 Å². The maximum atomic E-state index is 13.3. The summed E-state index contributed by atoms with van der Waals surface area (Å²) < 4.78 is 18.6. The summed E-state index contributed by atoms with van der Waals surface area (Å²) in [5.41, 5.74) is 1.49. The Morgan fingerprint density at radius 2 is 2.17 bits per heavy atom. The van der Waals surface area contributed by atoms with Crippen molar-refractivity contribution < 1.29 is 13.9 Å². The molecular weight excluding hydrogens is 309 g/mol. The molecule has 0 radical (unpaired) electrons. The standard InChI is InChI=1S/C18H20FN3O2/c1-12(13-9-14(19)11-20-10-13)21-15-7-8-22(18(15)23)16-5-3-4-6-17(16)24-2/h3-6,9-12,15,21H,7-8H2,1-2H3/t12-,15+/m0/s1. The van der Waals surface area contributed by atoms with Crippen LogP contribution in [0.3, 0.4) is 0 Å². The van der Waals surface area contributed by atoms with E-state index in [4.69, 9.17) is 4.74 Å². The Hall–Kier alpha value is -2.47. The van der Waals surface area contributed by atoms with E-state index >= 15 is 0 Å². The van der Waals surface area contributed by atoms with Gasteiger partial charge >= 0.3 is 0 Å². The molecule has 1 aromatic heterocycles. The molecule has 2 aromatic rings. The molecular formula is C18H20FN3O2. The quantitative estimate of drug-likeness (QED) is 0.916. The summed E-state index contributed by atoms with van der Waals surface area (Å²) in [7, 11) is 1.59. The largest absolute Gasteiger partial charge is 0.495 e. The Balaban J connectivity index is 1.72. The van der Waals surface area contributed by atoms with Gasteiger partial charge in [0.2, 0.25) is 5.91 Å². The van der Waals surface area contributed by atoms with Gasteiger partial charge in [0, 0.05) is 18.8 Å². The molecule has 0 bridgehead atoms. The summed E-state index contributed by atoms with van der Waals surface area (Å²) in [6.07, 6.45) is 3.46. The number of methoxy groups -OCH3 is 1. The normalized spacial score (nSPS) is 18.7. The number of benzene rings is 1. The number of carbonyl (C=O) groups is 1. The van der Waals surface area contributed by atoms with Gasteiger partial charge in [-0.15, -0.1) is 0 Å².